The van der Waals surface area contributed by atoms with Crippen molar-refractivity contribution >= 4 is 35.1 Å². The average molecular weight is 325 g/mol. The van der Waals surface area contributed by atoms with Crippen LogP contribution in [0.2, 0.25) is 10.0 Å². The second-order valence-corrected chi connectivity index (χ2v) is 4.86. The fourth-order valence-corrected chi connectivity index (χ4v) is 1.90. The molecule has 0 aromatic heterocycles. The van der Waals surface area contributed by atoms with Gasteiger partial charge in [-0.2, -0.15) is 0 Å². The van der Waals surface area contributed by atoms with Gasteiger partial charge in [0.05, 0.1) is 21.2 Å². The summed E-state index contributed by atoms with van der Waals surface area (Å²) in [6.07, 6.45) is 1.46. The molecule has 108 valence electrons. The molecule has 2 aromatic rings. The average Bonchev–Trinajstić information content (AvgIpc) is 2.48. The van der Waals surface area contributed by atoms with Crippen LogP contribution in [0, 0.1) is 10.1 Å². The first-order valence-electron chi connectivity index (χ1n) is 5.90. The number of nitrogens with zero attached hydrogens (tertiary/aromatic N) is 2. The van der Waals surface area contributed by atoms with Crippen LogP contribution in [0.25, 0.3) is 0 Å². The van der Waals surface area contributed by atoms with Gasteiger partial charge in [0.15, 0.2) is 0 Å². The van der Waals surface area contributed by atoms with Gasteiger partial charge in [0.1, 0.15) is 6.61 Å². The lowest BCUT2D eigenvalue weighted by Gasteiger charge is -2.01. The highest BCUT2D eigenvalue weighted by atomic mass is 35.5. The van der Waals surface area contributed by atoms with E-state index >= 15 is 0 Å². The Morgan fingerprint density at radius 1 is 1.19 bits per heavy atom. The van der Waals surface area contributed by atoms with Crippen molar-refractivity contribution < 1.29 is 9.76 Å². The molecule has 0 unspecified atom stereocenters. The molecule has 0 bridgehead atoms. The monoisotopic (exact) mass is 324 g/mol. The molecular weight excluding hydrogens is 315 g/mol. The van der Waals surface area contributed by atoms with Crippen molar-refractivity contribution in [3.63, 3.8) is 0 Å². The van der Waals surface area contributed by atoms with Crippen LogP contribution in [-0.4, -0.2) is 11.1 Å². The largest absolute Gasteiger partial charge is 0.391 e. The van der Waals surface area contributed by atoms with Gasteiger partial charge in [-0.15, -0.1) is 0 Å². The minimum Gasteiger partial charge on any atom is -0.391 e. The number of non-ortho nitro benzene ring substituents is 1. The Kier molecular flexibility index (Phi) is 5.14. The lowest BCUT2D eigenvalue weighted by Crippen LogP contribution is -1.91. The molecule has 0 amide bonds. The van der Waals surface area contributed by atoms with Crippen LogP contribution in [0.4, 0.5) is 5.69 Å². The molecule has 0 heterocycles. The number of hydrogen-bond acceptors (Lipinski definition) is 4. The van der Waals surface area contributed by atoms with Crippen molar-refractivity contribution in [1.29, 1.82) is 0 Å². The first-order valence-corrected chi connectivity index (χ1v) is 6.66. The highest BCUT2D eigenvalue weighted by Gasteiger charge is 2.04. The van der Waals surface area contributed by atoms with Crippen LogP contribution in [-0.2, 0) is 11.4 Å². The Balaban J connectivity index is 1.93. The van der Waals surface area contributed by atoms with Gasteiger partial charge in [-0.05, 0) is 23.8 Å². The number of rotatable bonds is 5. The Bertz CT molecular complexity index is 672. The normalized spacial score (nSPS) is 10.8. The van der Waals surface area contributed by atoms with Crippen molar-refractivity contribution in [3.05, 3.63) is 73.8 Å². The molecule has 7 heteroatoms. The van der Waals surface area contributed by atoms with Crippen molar-refractivity contribution in [2.75, 3.05) is 0 Å². The maximum Gasteiger partial charge on any atom is 0.269 e. The van der Waals surface area contributed by atoms with Crippen LogP contribution in [0.5, 0.6) is 0 Å². The summed E-state index contributed by atoms with van der Waals surface area (Å²) in [5.41, 5.74) is 1.45. The summed E-state index contributed by atoms with van der Waals surface area (Å²) in [6.45, 7) is 0.201. The van der Waals surface area contributed by atoms with E-state index in [9.17, 15) is 10.1 Å². The summed E-state index contributed by atoms with van der Waals surface area (Å²) >= 11 is 11.9. The van der Waals surface area contributed by atoms with Crippen LogP contribution in [0.3, 0.4) is 0 Å². The SMILES string of the molecule is O=[N+]([O-])c1ccc(CO/N=C\c2cccc(Cl)c2Cl)cc1. The van der Waals surface area contributed by atoms with Crippen LogP contribution in [0.15, 0.2) is 47.6 Å². The Morgan fingerprint density at radius 3 is 2.57 bits per heavy atom. The molecule has 0 saturated carbocycles. The molecule has 0 radical (unpaired) electrons. The first-order chi connectivity index (χ1) is 10.1. The molecule has 0 aliphatic heterocycles. The topological polar surface area (TPSA) is 64.7 Å². The predicted octanol–water partition coefficient (Wildman–Crippen LogP) is 4.45. The van der Waals surface area contributed by atoms with Crippen molar-refractivity contribution in [2.24, 2.45) is 5.16 Å². The van der Waals surface area contributed by atoms with Gasteiger partial charge in [-0.25, -0.2) is 0 Å². The standard InChI is InChI=1S/C14H10Cl2N2O3/c15-13-3-1-2-11(14(13)16)8-17-21-9-10-4-6-12(7-5-10)18(19)20/h1-8H,9H2/b17-8-. The summed E-state index contributed by atoms with van der Waals surface area (Å²) in [7, 11) is 0. The third-order valence-corrected chi connectivity index (χ3v) is 3.46. The van der Waals surface area contributed by atoms with Gasteiger partial charge in [0, 0.05) is 17.7 Å². The summed E-state index contributed by atoms with van der Waals surface area (Å²) in [4.78, 5) is 15.2. The number of oxime groups is 1. The molecular formula is C14H10Cl2N2O3. The molecule has 5 nitrogen and oxygen atoms in total. The summed E-state index contributed by atoms with van der Waals surface area (Å²) in [5, 5.41) is 15.2. The smallest absolute Gasteiger partial charge is 0.269 e. The van der Waals surface area contributed by atoms with E-state index in [4.69, 9.17) is 28.0 Å². The fraction of sp³-hybridized carbons (Fsp3) is 0.0714. The molecule has 0 atom stereocenters. The van der Waals surface area contributed by atoms with E-state index < -0.39 is 4.92 Å². The van der Waals surface area contributed by atoms with Crippen LogP contribution >= 0.6 is 23.2 Å². The second kappa shape index (κ2) is 7.06. The van der Waals surface area contributed by atoms with E-state index in [2.05, 4.69) is 5.16 Å². The molecule has 0 aliphatic rings. The highest BCUT2D eigenvalue weighted by Crippen LogP contribution is 2.24. The van der Waals surface area contributed by atoms with Gasteiger partial charge in [-0.1, -0.05) is 40.5 Å². The predicted molar refractivity (Wildman–Crippen MR) is 81.9 cm³/mol. The molecule has 0 aliphatic carbocycles. The lowest BCUT2D eigenvalue weighted by atomic mass is 10.2. The van der Waals surface area contributed by atoms with E-state index in [1.54, 1.807) is 30.3 Å². The fourth-order valence-electron chi connectivity index (χ4n) is 1.54. The zero-order chi connectivity index (χ0) is 15.2. The first kappa shape index (κ1) is 15.3. The molecule has 0 saturated heterocycles. The second-order valence-electron chi connectivity index (χ2n) is 4.07. The number of hydrogen-bond donors (Lipinski definition) is 0. The van der Waals surface area contributed by atoms with Gasteiger partial charge >= 0.3 is 0 Å². The van der Waals surface area contributed by atoms with Gasteiger partial charge in [0.25, 0.3) is 5.69 Å². The maximum absolute atomic E-state index is 10.5. The van der Waals surface area contributed by atoms with Gasteiger partial charge in [-0.3, -0.25) is 10.1 Å². The van der Waals surface area contributed by atoms with Crippen molar-refractivity contribution in [1.82, 2.24) is 0 Å². The van der Waals surface area contributed by atoms with Gasteiger partial charge in [0.2, 0.25) is 0 Å². The van der Waals surface area contributed by atoms with E-state index in [0.717, 1.165) is 5.56 Å². The third kappa shape index (κ3) is 4.18. The molecule has 2 rings (SSSR count). The summed E-state index contributed by atoms with van der Waals surface area (Å²) < 4.78 is 0. The van der Waals surface area contributed by atoms with E-state index in [1.165, 1.54) is 18.3 Å². The third-order valence-electron chi connectivity index (χ3n) is 2.63. The van der Waals surface area contributed by atoms with E-state index in [1.807, 2.05) is 0 Å². The number of nitro benzene ring substituents is 1. The van der Waals surface area contributed by atoms with E-state index in [-0.39, 0.29) is 12.3 Å². The maximum atomic E-state index is 10.5. The Labute approximate surface area is 130 Å². The van der Waals surface area contributed by atoms with Crippen LogP contribution < -0.4 is 0 Å². The van der Waals surface area contributed by atoms with Crippen LogP contribution in [0.1, 0.15) is 11.1 Å². The van der Waals surface area contributed by atoms with Crippen molar-refractivity contribution in [3.8, 4) is 0 Å². The van der Waals surface area contributed by atoms with Gasteiger partial charge < -0.3 is 4.84 Å². The number of nitro groups is 1. The molecule has 0 N–H and O–H groups in total. The zero-order valence-electron chi connectivity index (χ0n) is 10.7. The molecule has 2 aromatic carbocycles. The molecule has 0 spiro atoms. The Hall–Kier alpha value is -2.11. The van der Waals surface area contributed by atoms with Crippen molar-refractivity contribution in [2.45, 2.75) is 6.61 Å². The minimum atomic E-state index is -0.454. The lowest BCUT2D eigenvalue weighted by molar-refractivity contribution is -0.384. The highest BCUT2D eigenvalue weighted by molar-refractivity contribution is 6.43. The molecule has 21 heavy (non-hydrogen) atoms. The number of benzene rings is 2. The Morgan fingerprint density at radius 2 is 1.90 bits per heavy atom. The quantitative estimate of drug-likeness (QED) is 0.463. The zero-order valence-corrected chi connectivity index (χ0v) is 12.2. The molecule has 0 fully saturated rings. The van der Waals surface area contributed by atoms with E-state index in [0.29, 0.717) is 15.6 Å². The summed E-state index contributed by atoms with van der Waals surface area (Å²) in [5.74, 6) is 0. The minimum absolute atomic E-state index is 0.0351. The summed E-state index contributed by atoms with van der Waals surface area (Å²) in [6, 6.07) is 11.2. The number of halogens is 2.